The number of halogens is 1. The molecule has 0 aromatic heterocycles. The predicted octanol–water partition coefficient (Wildman–Crippen LogP) is 3.43. The molecule has 1 heterocycles. The molecule has 1 atom stereocenters. The van der Waals surface area contributed by atoms with Gasteiger partial charge in [0.2, 0.25) is 10.0 Å². The second kappa shape index (κ2) is 9.84. The molecule has 8 heteroatoms. The third kappa shape index (κ3) is 5.88. The molecule has 0 radical (unpaired) electrons. The first kappa shape index (κ1) is 22.0. The summed E-state index contributed by atoms with van der Waals surface area (Å²) >= 11 is 3.25. The van der Waals surface area contributed by atoms with Crippen molar-refractivity contribution in [3.8, 4) is 0 Å². The standard InChI is InChI=1S/C21H25BrN2O4S/c1-28-21(25)19-12-18(9-10-20(19)22)29(26,27)23-13-17-8-5-11-24(15-17)14-16-6-3-2-4-7-16/h2-4,6-7,9-10,12,17,23H,5,8,11,13-15H2,1H3. The van der Waals surface area contributed by atoms with Gasteiger partial charge >= 0.3 is 5.97 Å². The number of carbonyl (C=O) groups is 1. The van der Waals surface area contributed by atoms with Crippen LogP contribution in [0.5, 0.6) is 0 Å². The van der Waals surface area contributed by atoms with Gasteiger partial charge < -0.3 is 4.74 Å². The van der Waals surface area contributed by atoms with Gasteiger partial charge in [-0.2, -0.15) is 0 Å². The highest BCUT2D eigenvalue weighted by Gasteiger charge is 2.24. The van der Waals surface area contributed by atoms with Gasteiger partial charge in [0, 0.05) is 24.1 Å². The number of methoxy groups -OCH3 is 1. The molecule has 2 aromatic rings. The SMILES string of the molecule is COC(=O)c1cc(S(=O)(=O)NCC2CCCN(Cc3ccccc3)C2)ccc1Br. The Hall–Kier alpha value is -1.74. The van der Waals surface area contributed by atoms with Crippen LogP contribution in [-0.2, 0) is 21.3 Å². The lowest BCUT2D eigenvalue weighted by Gasteiger charge is -2.32. The van der Waals surface area contributed by atoms with Gasteiger partial charge in [-0.1, -0.05) is 30.3 Å². The Morgan fingerprint density at radius 3 is 2.72 bits per heavy atom. The summed E-state index contributed by atoms with van der Waals surface area (Å²) in [6, 6.07) is 14.6. The number of sulfonamides is 1. The van der Waals surface area contributed by atoms with E-state index < -0.39 is 16.0 Å². The van der Waals surface area contributed by atoms with E-state index in [9.17, 15) is 13.2 Å². The highest BCUT2D eigenvalue weighted by Crippen LogP contribution is 2.23. The van der Waals surface area contributed by atoms with E-state index in [1.54, 1.807) is 6.07 Å². The van der Waals surface area contributed by atoms with Gasteiger partial charge in [-0.3, -0.25) is 4.90 Å². The van der Waals surface area contributed by atoms with Crippen molar-refractivity contribution >= 4 is 31.9 Å². The maximum Gasteiger partial charge on any atom is 0.339 e. The van der Waals surface area contributed by atoms with E-state index in [1.165, 1.54) is 24.8 Å². The van der Waals surface area contributed by atoms with Gasteiger partial charge in [-0.15, -0.1) is 0 Å². The monoisotopic (exact) mass is 480 g/mol. The van der Waals surface area contributed by atoms with Crippen LogP contribution in [0.3, 0.4) is 0 Å². The maximum atomic E-state index is 12.7. The second-order valence-electron chi connectivity index (χ2n) is 7.21. The Bertz CT molecular complexity index is 950. The summed E-state index contributed by atoms with van der Waals surface area (Å²) in [5.74, 6) is -0.337. The van der Waals surface area contributed by atoms with Gasteiger partial charge in [0.25, 0.3) is 0 Å². The van der Waals surface area contributed by atoms with Crippen molar-refractivity contribution in [2.45, 2.75) is 24.3 Å². The molecular weight excluding hydrogens is 456 g/mol. The van der Waals surface area contributed by atoms with Gasteiger partial charge in [0.05, 0.1) is 17.6 Å². The van der Waals surface area contributed by atoms with Crippen LogP contribution in [0.1, 0.15) is 28.8 Å². The van der Waals surface area contributed by atoms with Crippen molar-refractivity contribution in [1.82, 2.24) is 9.62 Å². The van der Waals surface area contributed by atoms with Crippen molar-refractivity contribution in [2.24, 2.45) is 5.92 Å². The van der Waals surface area contributed by atoms with Gasteiger partial charge in [0.15, 0.2) is 0 Å². The number of piperidine rings is 1. The molecule has 1 aliphatic rings. The van der Waals surface area contributed by atoms with Crippen LogP contribution in [0.2, 0.25) is 0 Å². The summed E-state index contributed by atoms with van der Waals surface area (Å²) in [5.41, 5.74) is 1.45. The molecule has 1 saturated heterocycles. The summed E-state index contributed by atoms with van der Waals surface area (Å²) in [4.78, 5) is 14.3. The van der Waals surface area contributed by atoms with E-state index in [1.807, 2.05) is 18.2 Å². The predicted molar refractivity (Wildman–Crippen MR) is 115 cm³/mol. The Balaban J connectivity index is 1.62. The average molecular weight is 481 g/mol. The minimum atomic E-state index is -3.71. The number of benzene rings is 2. The van der Waals surface area contributed by atoms with Crippen molar-refractivity contribution in [1.29, 1.82) is 0 Å². The second-order valence-corrected chi connectivity index (χ2v) is 9.84. The number of rotatable bonds is 7. The lowest BCUT2D eigenvalue weighted by Crippen LogP contribution is -2.40. The van der Waals surface area contributed by atoms with Crippen LogP contribution in [0.4, 0.5) is 0 Å². The number of hydrogen-bond acceptors (Lipinski definition) is 5. The zero-order chi connectivity index (χ0) is 20.9. The molecule has 156 valence electrons. The molecule has 29 heavy (non-hydrogen) atoms. The topological polar surface area (TPSA) is 75.7 Å². The van der Waals surface area contributed by atoms with Crippen LogP contribution in [-0.4, -0.2) is 46.0 Å². The van der Waals surface area contributed by atoms with E-state index in [2.05, 4.69) is 37.7 Å². The van der Waals surface area contributed by atoms with Crippen molar-refractivity contribution < 1.29 is 17.9 Å². The number of ether oxygens (including phenoxy) is 1. The summed E-state index contributed by atoms with van der Waals surface area (Å²) in [6.07, 6.45) is 2.03. The molecule has 1 aliphatic heterocycles. The first-order valence-corrected chi connectivity index (χ1v) is 11.8. The molecular formula is C21H25BrN2O4S. The van der Waals surface area contributed by atoms with E-state index in [0.29, 0.717) is 11.0 Å². The van der Waals surface area contributed by atoms with Crippen LogP contribution >= 0.6 is 15.9 Å². The zero-order valence-electron chi connectivity index (χ0n) is 16.3. The molecule has 1 fully saturated rings. The largest absolute Gasteiger partial charge is 0.465 e. The summed E-state index contributed by atoms with van der Waals surface area (Å²) < 4.78 is 33.4. The van der Waals surface area contributed by atoms with Gasteiger partial charge in [-0.25, -0.2) is 17.9 Å². The molecule has 0 bridgehead atoms. The molecule has 0 amide bonds. The zero-order valence-corrected chi connectivity index (χ0v) is 18.7. The lowest BCUT2D eigenvalue weighted by atomic mass is 9.98. The van der Waals surface area contributed by atoms with E-state index in [4.69, 9.17) is 4.74 Å². The van der Waals surface area contributed by atoms with Gasteiger partial charge in [-0.05, 0) is 65.0 Å². The maximum absolute atomic E-state index is 12.7. The number of likely N-dealkylation sites (tertiary alicyclic amines) is 1. The minimum Gasteiger partial charge on any atom is -0.465 e. The van der Waals surface area contributed by atoms with E-state index in [0.717, 1.165) is 32.5 Å². The third-order valence-electron chi connectivity index (χ3n) is 5.07. The van der Waals surface area contributed by atoms with E-state index >= 15 is 0 Å². The highest BCUT2D eigenvalue weighted by molar-refractivity contribution is 9.10. The first-order valence-electron chi connectivity index (χ1n) is 9.53. The number of carbonyl (C=O) groups excluding carboxylic acids is 1. The quantitative estimate of drug-likeness (QED) is 0.614. The van der Waals surface area contributed by atoms with Gasteiger partial charge in [0.1, 0.15) is 0 Å². The lowest BCUT2D eigenvalue weighted by molar-refractivity contribution is 0.0599. The Morgan fingerprint density at radius 1 is 1.24 bits per heavy atom. The normalized spacial score (nSPS) is 17.8. The number of esters is 1. The summed E-state index contributed by atoms with van der Waals surface area (Å²) in [6.45, 7) is 3.12. The summed E-state index contributed by atoms with van der Waals surface area (Å²) in [7, 11) is -2.45. The highest BCUT2D eigenvalue weighted by atomic mass is 79.9. The molecule has 0 aliphatic carbocycles. The fourth-order valence-corrected chi connectivity index (χ4v) is 5.10. The molecule has 0 spiro atoms. The van der Waals surface area contributed by atoms with E-state index in [-0.39, 0.29) is 16.4 Å². The van der Waals surface area contributed by atoms with Crippen LogP contribution < -0.4 is 4.72 Å². The smallest absolute Gasteiger partial charge is 0.339 e. The molecule has 1 unspecified atom stereocenters. The van der Waals surface area contributed by atoms with Crippen molar-refractivity contribution in [2.75, 3.05) is 26.7 Å². The fraction of sp³-hybridized carbons (Fsp3) is 0.381. The number of nitrogens with one attached hydrogen (secondary N) is 1. The molecule has 3 rings (SSSR count). The Morgan fingerprint density at radius 2 is 2.00 bits per heavy atom. The summed E-state index contributed by atoms with van der Waals surface area (Å²) in [5, 5.41) is 0. The number of nitrogens with zero attached hydrogens (tertiary/aromatic N) is 1. The Labute approximate surface area is 180 Å². The molecule has 2 aromatic carbocycles. The fourth-order valence-electron chi connectivity index (χ4n) is 3.55. The molecule has 1 N–H and O–H groups in total. The average Bonchev–Trinajstić information content (AvgIpc) is 2.73. The van der Waals surface area contributed by atoms with Crippen molar-refractivity contribution in [3.63, 3.8) is 0 Å². The van der Waals surface area contributed by atoms with Crippen LogP contribution in [0, 0.1) is 5.92 Å². The Kier molecular flexibility index (Phi) is 7.45. The van der Waals surface area contributed by atoms with Crippen LogP contribution in [0.25, 0.3) is 0 Å². The third-order valence-corrected chi connectivity index (χ3v) is 7.18. The van der Waals surface area contributed by atoms with Crippen molar-refractivity contribution in [3.05, 3.63) is 64.1 Å². The van der Waals surface area contributed by atoms with Crippen LogP contribution in [0.15, 0.2) is 57.9 Å². The number of hydrogen-bond donors (Lipinski definition) is 1. The first-order chi connectivity index (χ1) is 13.9. The molecule has 0 saturated carbocycles. The molecule has 6 nitrogen and oxygen atoms in total. The minimum absolute atomic E-state index is 0.0538.